The van der Waals surface area contributed by atoms with Crippen LogP contribution in [0.3, 0.4) is 0 Å². The monoisotopic (exact) mass is 201 g/mol. The molecule has 2 rings (SSSR count). The van der Waals surface area contributed by atoms with E-state index in [-0.39, 0.29) is 0 Å². The van der Waals surface area contributed by atoms with Gasteiger partial charge in [0.15, 0.2) is 0 Å². The normalized spacial score (nSPS) is 19.3. The lowest BCUT2D eigenvalue weighted by molar-refractivity contribution is 0.277. The third-order valence-electron chi connectivity index (χ3n) is 2.25. The van der Waals surface area contributed by atoms with Gasteiger partial charge >= 0.3 is 0 Å². The molecule has 1 fully saturated rings. The van der Waals surface area contributed by atoms with Gasteiger partial charge in [0.2, 0.25) is 0 Å². The van der Waals surface area contributed by atoms with Crippen molar-refractivity contribution in [3.05, 3.63) is 6.07 Å². The van der Waals surface area contributed by atoms with E-state index in [1.807, 2.05) is 6.07 Å². The molecule has 0 radical (unpaired) electrons. The van der Waals surface area contributed by atoms with Gasteiger partial charge in [-0.2, -0.15) is 4.37 Å². The van der Waals surface area contributed by atoms with Crippen molar-refractivity contribution in [1.29, 1.82) is 0 Å². The number of piperidine rings is 1. The number of halogens is 1. The second-order valence-corrected chi connectivity index (χ2v) is 4.04. The summed E-state index contributed by atoms with van der Waals surface area (Å²) in [5, 5.41) is 1.06. The molecule has 3 nitrogen and oxygen atoms in total. The summed E-state index contributed by atoms with van der Waals surface area (Å²) in [6.45, 7) is 1.56. The number of anilines is 2. The molecule has 13 heavy (non-hydrogen) atoms. The highest BCUT2D eigenvalue weighted by molar-refractivity contribution is 7.10. The van der Waals surface area contributed by atoms with Crippen LogP contribution in [0.2, 0.25) is 0 Å². The van der Waals surface area contributed by atoms with Crippen molar-refractivity contribution in [2.75, 3.05) is 23.7 Å². The maximum atomic E-state index is 12.8. The standard InChI is InChI=1S/C8H12FN3S/c9-6-1-3-12(4-2-6)8-5-7(10)11-13-8/h5-6H,1-4H2,(H2,10,11). The average Bonchev–Trinajstić information content (AvgIpc) is 2.53. The zero-order chi connectivity index (χ0) is 9.26. The first kappa shape index (κ1) is 8.74. The van der Waals surface area contributed by atoms with E-state index >= 15 is 0 Å². The number of aromatic nitrogens is 1. The van der Waals surface area contributed by atoms with Gasteiger partial charge in [-0.15, -0.1) is 0 Å². The van der Waals surface area contributed by atoms with E-state index in [0.717, 1.165) is 18.1 Å². The molecule has 1 aromatic heterocycles. The zero-order valence-corrected chi connectivity index (χ0v) is 8.06. The molecule has 0 saturated carbocycles. The smallest absolute Gasteiger partial charge is 0.139 e. The number of hydrogen-bond donors (Lipinski definition) is 1. The van der Waals surface area contributed by atoms with Crippen LogP contribution in [0.4, 0.5) is 15.2 Å². The van der Waals surface area contributed by atoms with Crippen molar-refractivity contribution in [1.82, 2.24) is 4.37 Å². The lowest BCUT2D eigenvalue weighted by Gasteiger charge is -2.28. The Morgan fingerprint density at radius 3 is 2.77 bits per heavy atom. The van der Waals surface area contributed by atoms with E-state index in [2.05, 4.69) is 9.27 Å². The van der Waals surface area contributed by atoms with Crippen LogP contribution in [-0.4, -0.2) is 23.6 Å². The molecule has 0 spiro atoms. The van der Waals surface area contributed by atoms with Crippen LogP contribution in [0.5, 0.6) is 0 Å². The highest BCUT2D eigenvalue weighted by atomic mass is 32.1. The van der Waals surface area contributed by atoms with E-state index in [9.17, 15) is 4.39 Å². The topological polar surface area (TPSA) is 42.1 Å². The van der Waals surface area contributed by atoms with Crippen LogP contribution < -0.4 is 10.6 Å². The average molecular weight is 201 g/mol. The number of nitrogens with zero attached hydrogens (tertiary/aromatic N) is 2. The molecule has 1 aromatic rings. The van der Waals surface area contributed by atoms with E-state index < -0.39 is 6.17 Å². The summed E-state index contributed by atoms with van der Waals surface area (Å²) in [4.78, 5) is 2.14. The first-order valence-corrected chi connectivity index (χ1v) is 5.14. The van der Waals surface area contributed by atoms with Gasteiger partial charge in [-0.1, -0.05) is 0 Å². The first-order valence-electron chi connectivity index (χ1n) is 4.37. The molecule has 2 heterocycles. The van der Waals surface area contributed by atoms with Crippen LogP contribution in [0, 0.1) is 0 Å². The molecule has 72 valence electrons. The van der Waals surface area contributed by atoms with Crippen LogP contribution in [0.15, 0.2) is 6.07 Å². The van der Waals surface area contributed by atoms with Crippen LogP contribution in [-0.2, 0) is 0 Å². The number of nitrogen functional groups attached to an aromatic ring is 1. The molecule has 1 saturated heterocycles. The summed E-state index contributed by atoms with van der Waals surface area (Å²) in [5.41, 5.74) is 5.51. The number of nitrogens with two attached hydrogens (primary N) is 1. The quantitative estimate of drug-likeness (QED) is 0.751. The van der Waals surface area contributed by atoms with Crippen molar-refractivity contribution >= 4 is 22.4 Å². The number of hydrogen-bond acceptors (Lipinski definition) is 4. The highest BCUT2D eigenvalue weighted by Gasteiger charge is 2.19. The fourth-order valence-corrected chi connectivity index (χ4v) is 2.22. The zero-order valence-electron chi connectivity index (χ0n) is 7.24. The van der Waals surface area contributed by atoms with Gasteiger partial charge in [0.25, 0.3) is 0 Å². The molecular formula is C8H12FN3S. The van der Waals surface area contributed by atoms with E-state index in [0.29, 0.717) is 18.7 Å². The molecule has 5 heteroatoms. The van der Waals surface area contributed by atoms with E-state index in [4.69, 9.17) is 5.73 Å². The Morgan fingerprint density at radius 2 is 2.23 bits per heavy atom. The third kappa shape index (κ3) is 1.91. The summed E-state index contributed by atoms with van der Waals surface area (Å²) in [7, 11) is 0. The van der Waals surface area contributed by atoms with Crippen LogP contribution in [0.25, 0.3) is 0 Å². The maximum Gasteiger partial charge on any atom is 0.139 e. The fraction of sp³-hybridized carbons (Fsp3) is 0.625. The molecular weight excluding hydrogens is 189 g/mol. The van der Waals surface area contributed by atoms with Crippen molar-refractivity contribution in [3.8, 4) is 0 Å². The summed E-state index contributed by atoms with van der Waals surface area (Å²) in [6, 6.07) is 1.85. The predicted octanol–water partition coefficient (Wildman–Crippen LogP) is 1.66. The molecule has 0 unspecified atom stereocenters. The lowest BCUT2D eigenvalue weighted by atomic mass is 10.1. The Hall–Kier alpha value is -0.840. The largest absolute Gasteiger partial charge is 0.383 e. The lowest BCUT2D eigenvalue weighted by Crippen LogP contribution is -2.33. The molecule has 0 bridgehead atoms. The maximum absolute atomic E-state index is 12.8. The Balaban J connectivity index is 2.02. The SMILES string of the molecule is Nc1cc(N2CCC(F)CC2)sn1. The van der Waals surface area contributed by atoms with Gasteiger partial charge in [0, 0.05) is 19.2 Å². The van der Waals surface area contributed by atoms with Crippen LogP contribution >= 0.6 is 11.5 Å². The number of rotatable bonds is 1. The second-order valence-electron chi connectivity index (χ2n) is 3.25. The minimum atomic E-state index is -0.624. The van der Waals surface area contributed by atoms with E-state index in [1.165, 1.54) is 11.5 Å². The number of alkyl halides is 1. The Bertz CT molecular complexity index is 281. The molecule has 0 atom stereocenters. The van der Waals surface area contributed by atoms with Gasteiger partial charge in [-0.25, -0.2) is 4.39 Å². The predicted molar refractivity (Wildman–Crippen MR) is 52.9 cm³/mol. The summed E-state index contributed by atoms with van der Waals surface area (Å²) >= 11 is 1.39. The summed E-state index contributed by atoms with van der Waals surface area (Å²) in [6.07, 6.45) is 0.622. The molecule has 1 aliphatic rings. The second kappa shape index (κ2) is 3.49. The van der Waals surface area contributed by atoms with Gasteiger partial charge in [0.1, 0.15) is 17.0 Å². The first-order chi connectivity index (χ1) is 6.25. The van der Waals surface area contributed by atoms with Crippen LogP contribution in [0.1, 0.15) is 12.8 Å². The highest BCUT2D eigenvalue weighted by Crippen LogP contribution is 2.26. The van der Waals surface area contributed by atoms with Crippen molar-refractivity contribution in [3.63, 3.8) is 0 Å². The van der Waals surface area contributed by atoms with Crippen molar-refractivity contribution in [2.45, 2.75) is 19.0 Å². The van der Waals surface area contributed by atoms with Gasteiger partial charge < -0.3 is 10.6 Å². The molecule has 1 aliphatic heterocycles. The Morgan fingerprint density at radius 1 is 1.54 bits per heavy atom. The fourth-order valence-electron chi connectivity index (χ4n) is 1.50. The molecule has 0 aliphatic carbocycles. The molecule has 2 N–H and O–H groups in total. The Labute approximate surface area is 80.5 Å². The minimum Gasteiger partial charge on any atom is -0.383 e. The molecule has 0 amide bonds. The van der Waals surface area contributed by atoms with Gasteiger partial charge in [-0.3, -0.25) is 0 Å². The van der Waals surface area contributed by atoms with Crippen molar-refractivity contribution < 1.29 is 4.39 Å². The Kier molecular flexibility index (Phi) is 2.35. The van der Waals surface area contributed by atoms with E-state index in [1.54, 1.807) is 0 Å². The summed E-state index contributed by atoms with van der Waals surface area (Å²) < 4.78 is 16.8. The van der Waals surface area contributed by atoms with Crippen molar-refractivity contribution in [2.24, 2.45) is 0 Å². The van der Waals surface area contributed by atoms with Gasteiger partial charge in [0.05, 0.1) is 0 Å². The summed E-state index contributed by atoms with van der Waals surface area (Å²) in [5.74, 6) is 0.558. The third-order valence-corrected chi connectivity index (χ3v) is 3.12. The molecule has 0 aromatic carbocycles. The van der Waals surface area contributed by atoms with Gasteiger partial charge in [-0.05, 0) is 24.4 Å². The minimum absolute atomic E-state index is 0.558.